The Balaban J connectivity index is 2.42. The van der Waals surface area contributed by atoms with E-state index in [9.17, 15) is 4.79 Å². The third-order valence-electron chi connectivity index (χ3n) is 1.45. The van der Waals surface area contributed by atoms with E-state index in [0.29, 0.717) is 6.54 Å². The van der Waals surface area contributed by atoms with Crippen molar-refractivity contribution in [3.63, 3.8) is 0 Å². The minimum Gasteiger partial charge on any atom is -0.338 e. The molecule has 1 rings (SSSR count). The predicted octanol–water partition coefficient (Wildman–Crippen LogP) is 0.0349. The second-order valence-electron chi connectivity index (χ2n) is 2.21. The largest absolute Gasteiger partial charge is 0.338 e. The first-order valence-electron chi connectivity index (χ1n) is 3.31. The van der Waals surface area contributed by atoms with Crippen LogP contribution in [-0.2, 0) is 0 Å². The summed E-state index contributed by atoms with van der Waals surface area (Å²) in [6.45, 7) is 1.99. The van der Waals surface area contributed by atoms with Crippen LogP contribution in [0.5, 0.6) is 0 Å². The van der Waals surface area contributed by atoms with E-state index in [1.807, 2.05) is 0 Å². The monoisotopic (exact) mass is 138 g/mol. The molecule has 0 aromatic heterocycles. The number of nitrogens with one attached hydrogen (secondary N) is 1. The van der Waals surface area contributed by atoms with Crippen molar-refractivity contribution in [2.24, 2.45) is 0 Å². The highest BCUT2D eigenvalue weighted by Crippen LogP contribution is 1.96. The number of urea groups is 1. The van der Waals surface area contributed by atoms with E-state index < -0.39 is 0 Å². The molecule has 3 heteroatoms. The van der Waals surface area contributed by atoms with E-state index in [1.165, 1.54) is 0 Å². The maximum Gasteiger partial charge on any atom is 0.318 e. The molecule has 0 radical (unpaired) electrons. The molecule has 0 spiro atoms. The molecule has 1 fully saturated rings. The molecule has 1 saturated heterocycles. The zero-order chi connectivity index (χ0) is 7.40. The molecule has 0 aliphatic carbocycles. The van der Waals surface area contributed by atoms with Crippen LogP contribution in [0.4, 0.5) is 4.79 Å². The average molecular weight is 138 g/mol. The van der Waals surface area contributed by atoms with Gasteiger partial charge in [0.15, 0.2) is 0 Å². The van der Waals surface area contributed by atoms with Crippen LogP contribution in [0, 0.1) is 12.3 Å². The zero-order valence-electron chi connectivity index (χ0n) is 5.76. The molecular weight excluding hydrogens is 128 g/mol. The van der Waals surface area contributed by atoms with Gasteiger partial charge in [0, 0.05) is 13.1 Å². The van der Waals surface area contributed by atoms with Gasteiger partial charge in [0.05, 0.1) is 6.54 Å². The molecule has 1 heterocycles. The van der Waals surface area contributed by atoms with Gasteiger partial charge in [-0.3, -0.25) is 0 Å². The summed E-state index contributed by atoms with van der Waals surface area (Å²) in [7, 11) is 0. The molecule has 0 unspecified atom stereocenters. The van der Waals surface area contributed by atoms with Crippen LogP contribution in [0.2, 0.25) is 0 Å². The maximum absolute atomic E-state index is 10.9. The van der Waals surface area contributed by atoms with Crippen molar-refractivity contribution in [1.82, 2.24) is 10.2 Å². The fourth-order valence-corrected chi connectivity index (χ4v) is 0.940. The van der Waals surface area contributed by atoms with Crippen molar-refractivity contribution in [1.29, 1.82) is 0 Å². The maximum atomic E-state index is 10.9. The summed E-state index contributed by atoms with van der Waals surface area (Å²) in [5.41, 5.74) is 0. The van der Waals surface area contributed by atoms with Crippen LogP contribution in [0.15, 0.2) is 0 Å². The Kier molecular flexibility index (Phi) is 2.16. The van der Waals surface area contributed by atoms with E-state index in [2.05, 4.69) is 11.2 Å². The topological polar surface area (TPSA) is 32.3 Å². The third-order valence-corrected chi connectivity index (χ3v) is 1.45. The van der Waals surface area contributed by atoms with Gasteiger partial charge in [0.2, 0.25) is 0 Å². The van der Waals surface area contributed by atoms with Gasteiger partial charge in [0.25, 0.3) is 0 Å². The smallest absolute Gasteiger partial charge is 0.318 e. The SMILES string of the molecule is C#CCN1CCCNC1=O. The molecule has 1 aliphatic heterocycles. The molecule has 1 N–H and O–H groups in total. The summed E-state index contributed by atoms with van der Waals surface area (Å²) in [5.74, 6) is 2.43. The van der Waals surface area contributed by atoms with Crippen molar-refractivity contribution in [2.75, 3.05) is 19.6 Å². The summed E-state index contributed by atoms with van der Waals surface area (Å²) in [5, 5.41) is 2.71. The zero-order valence-corrected chi connectivity index (χ0v) is 5.76. The molecule has 54 valence electrons. The van der Waals surface area contributed by atoms with Crippen molar-refractivity contribution >= 4 is 6.03 Å². The number of hydrogen-bond donors (Lipinski definition) is 1. The minimum atomic E-state index is -0.0378. The Morgan fingerprint density at radius 3 is 3.20 bits per heavy atom. The van der Waals surface area contributed by atoms with Crippen molar-refractivity contribution < 1.29 is 4.79 Å². The lowest BCUT2D eigenvalue weighted by Crippen LogP contribution is -2.46. The van der Waals surface area contributed by atoms with Gasteiger partial charge in [-0.1, -0.05) is 5.92 Å². The van der Waals surface area contributed by atoms with E-state index in [0.717, 1.165) is 19.5 Å². The first-order chi connectivity index (χ1) is 4.84. The van der Waals surface area contributed by atoms with Gasteiger partial charge < -0.3 is 10.2 Å². The molecule has 0 bridgehead atoms. The number of terminal acetylenes is 1. The van der Waals surface area contributed by atoms with Gasteiger partial charge in [-0.25, -0.2) is 4.79 Å². The number of rotatable bonds is 1. The van der Waals surface area contributed by atoms with E-state index in [-0.39, 0.29) is 6.03 Å². The standard InChI is InChI=1S/C7H10N2O/c1-2-5-9-6-3-4-8-7(9)10/h1H,3-6H2,(H,8,10). The minimum absolute atomic E-state index is 0.0378. The molecular formula is C7H10N2O. The van der Waals surface area contributed by atoms with E-state index >= 15 is 0 Å². The number of carbonyl (C=O) groups excluding carboxylic acids is 1. The number of carbonyl (C=O) groups is 1. The molecule has 3 nitrogen and oxygen atoms in total. The van der Waals surface area contributed by atoms with E-state index in [1.54, 1.807) is 4.90 Å². The highest BCUT2D eigenvalue weighted by molar-refractivity contribution is 5.75. The van der Waals surface area contributed by atoms with Crippen molar-refractivity contribution in [3.05, 3.63) is 0 Å². The van der Waals surface area contributed by atoms with Gasteiger partial charge in [-0.05, 0) is 6.42 Å². The van der Waals surface area contributed by atoms with Crippen molar-refractivity contribution in [3.8, 4) is 12.3 Å². The second-order valence-corrected chi connectivity index (χ2v) is 2.21. The molecule has 0 atom stereocenters. The first kappa shape index (κ1) is 6.94. The Morgan fingerprint density at radius 2 is 2.60 bits per heavy atom. The molecule has 0 saturated carbocycles. The fourth-order valence-electron chi connectivity index (χ4n) is 0.940. The summed E-state index contributed by atoms with van der Waals surface area (Å²) >= 11 is 0. The Hall–Kier alpha value is -1.17. The Labute approximate surface area is 60.4 Å². The molecule has 0 aromatic rings. The third kappa shape index (κ3) is 1.41. The number of amides is 2. The van der Waals surface area contributed by atoms with Gasteiger partial charge in [-0.2, -0.15) is 0 Å². The van der Waals surface area contributed by atoms with E-state index in [4.69, 9.17) is 6.42 Å². The lowest BCUT2D eigenvalue weighted by atomic mass is 10.3. The quantitative estimate of drug-likeness (QED) is 0.509. The Bertz CT molecular complexity index is 171. The molecule has 0 aromatic carbocycles. The predicted molar refractivity (Wildman–Crippen MR) is 38.4 cm³/mol. The summed E-state index contributed by atoms with van der Waals surface area (Å²) in [6.07, 6.45) is 6.04. The lowest BCUT2D eigenvalue weighted by molar-refractivity contribution is 0.193. The highest BCUT2D eigenvalue weighted by atomic mass is 16.2. The van der Waals surface area contributed by atoms with Crippen LogP contribution >= 0.6 is 0 Å². The molecule has 10 heavy (non-hydrogen) atoms. The van der Waals surface area contributed by atoms with Gasteiger partial charge >= 0.3 is 6.03 Å². The van der Waals surface area contributed by atoms with Crippen LogP contribution in [0.1, 0.15) is 6.42 Å². The highest BCUT2D eigenvalue weighted by Gasteiger charge is 2.14. The summed E-state index contributed by atoms with van der Waals surface area (Å²) in [4.78, 5) is 12.5. The van der Waals surface area contributed by atoms with Crippen molar-refractivity contribution in [2.45, 2.75) is 6.42 Å². The molecule has 2 amide bonds. The fraction of sp³-hybridized carbons (Fsp3) is 0.571. The Morgan fingerprint density at radius 1 is 1.80 bits per heavy atom. The van der Waals surface area contributed by atoms with Crippen LogP contribution < -0.4 is 5.32 Å². The number of nitrogens with zero attached hydrogens (tertiary/aromatic N) is 1. The molecule has 1 aliphatic rings. The summed E-state index contributed by atoms with van der Waals surface area (Å²) in [6, 6.07) is -0.0378. The van der Waals surface area contributed by atoms with Gasteiger partial charge in [-0.15, -0.1) is 6.42 Å². The first-order valence-corrected chi connectivity index (χ1v) is 3.31. The summed E-state index contributed by atoms with van der Waals surface area (Å²) < 4.78 is 0. The number of hydrogen-bond acceptors (Lipinski definition) is 1. The van der Waals surface area contributed by atoms with Crippen LogP contribution in [-0.4, -0.2) is 30.6 Å². The van der Waals surface area contributed by atoms with Gasteiger partial charge in [0.1, 0.15) is 0 Å². The normalized spacial score (nSPS) is 17.9. The average Bonchev–Trinajstić information content (AvgIpc) is 1.94. The lowest BCUT2D eigenvalue weighted by Gasteiger charge is -2.25. The van der Waals surface area contributed by atoms with Crippen LogP contribution in [0.3, 0.4) is 0 Å². The second kappa shape index (κ2) is 3.11. The van der Waals surface area contributed by atoms with Crippen LogP contribution in [0.25, 0.3) is 0 Å².